The lowest BCUT2D eigenvalue weighted by Gasteiger charge is -2.26. The van der Waals surface area contributed by atoms with E-state index in [4.69, 9.17) is 4.74 Å². The third-order valence-corrected chi connectivity index (χ3v) is 8.32. The van der Waals surface area contributed by atoms with Crippen LogP contribution < -0.4 is 14.5 Å². The van der Waals surface area contributed by atoms with Crippen molar-refractivity contribution >= 4 is 38.6 Å². The molecule has 0 bridgehead atoms. The average molecular weight is 566 g/mol. The van der Waals surface area contributed by atoms with Crippen molar-refractivity contribution in [3.05, 3.63) is 132 Å². The summed E-state index contributed by atoms with van der Waals surface area (Å²) >= 11 is 0. The number of methoxy groups -OCH3 is 1. The van der Waals surface area contributed by atoms with Gasteiger partial charge in [0.05, 0.1) is 36.0 Å². The molecule has 0 radical (unpaired) electrons. The minimum Gasteiger partial charge on any atom is -0.507 e. The highest BCUT2D eigenvalue weighted by Gasteiger charge is 2.28. The Kier molecular flexibility index (Phi) is 7.98. The fourth-order valence-corrected chi connectivity index (χ4v) is 5.91. The van der Waals surface area contributed by atoms with Gasteiger partial charge in [-0.05, 0) is 58.8 Å². The molecule has 5 aromatic rings. The van der Waals surface area contributed by atoms with Gasteiger partial charge in [-0.2, -0.15) is 5.10 Å². The Morgan fingerprint density at radius 3 is 2.32 bits per heavy atom. The van der Waals surface area contributed by atoms with Crippen LogP contribution in [0.5, 0.6) is 11.5 Å². The molecular formula is C32H27N3O5S. The van der Waals surface area contributed by atoms with E-state index in [1.54, 1.807) is 42.5 Å². The molecule has 0 aliphatic heterocycles. The summed E-state index contributed by atoms with van der Waals surface area (Å²) in [5, 5.41) is 16.2. The monoisotopic (exact) mass is 565 g/mol. The van der Waals surface area contributed by atoms with E-state index in [2.05, 4.69) is 10.5 Å². The maximum absolute atomic E-state index is 14.0. The fourth-order valence-electron chi connectivity index (χ4n) is 4.44. The van der Waals surface area contributed by atoms with Crippen molar-refractivity contribution in [1.29, 1.82) is 0 Å². The highest BCUT2D eigenvalue weighted by atomic mass is 32.2. The molecule has 2 N–H and O–H groups in total. The van der Waals surface area contributed by atoms with Gasteiger partial charge in [-0.3, -0.25) is 9.10 Å². The first-order valence-electron chi connectivity index (χ1n) is 12.7. The highest BCUT2D eigenvalue weighted by molar-refractivity contribution is 7.92. The molecule has 0 aliphatic carbocycles. The number of phenolic OH excluding ortho intramolecular Hbond substituents is 1. The Morgan fingerprint density at radius 1 is 0.878 bits per heavy atom. The van der Waals surface area contributed by atoms with Crippen LogP contribution in [0.15, 0.2) is 125 Å². The fraction of sp³-hybridized carbons (Fsp3) is 0.0625. The Bertz CT molecular complexity index is 1820. The minimum atomic E-state index is -4.10. The number of nitrogens with zero attached hydrogens (tertiary/aromatic N) is 2. The minimum absolute atomic E-state index is 0.00730. The van der Waals surface area contributed by atoms with E-state index in [0.29, 0.717) is 11.3 Å². The van der Waals surface area contributed by atoms with Gasteiger partial charge in [-0.25, -0.2) is 13.8 Å². The largest absolute Gasteiger partial charge is 0.507 e. The van der Waals surface area contributed by atoms with E-state index in [1.807, 2.05) is 54.6 Å². The molecule has 9 heteroatoms. The second-order valence-electron chi connectivity index (χ2n) is 9.11. The number of fused-ring (bicyclic) bond motifs is 1. The zero-order valence-corrected chi connectivity index (χ0v) is 23.0. The van der Waals surface area contributed by atoms with Crippen LogP contribution in [0.3, 0.4) is 0 Å². The number of amides is 1. The number of phenols is 1. The lowest BCUT2D eigenvalue weighted by atomic mass is 10.0. The smallest absolute Gasteiger partial charge is 0.273 e. The molecule has 0 spiro atoms. The van der Waals surface area contributed by atoms with E-state index < -0.39 is 15.9 Å². The van der Waals surface area contributed by atoms with Crippen molar-refractivity contribution < 1.29 is 23.1 Å². The Labute approximate surface area is 238 Å². The number of benzene rings is 5. The van der Waals surface area contributed by atoms with E-state index >= 15 is 0 Å². The predicted octanol–water partition coefficient (Wildman–Crippen LogP) is 5.71. The molecule has 5 aromatic carbocycles. The number of hydrogen-bond acceptors (Lipinski definition) is 6. The number of carbonyl (C=O) groups is 1. The highest BCUT2D eigenvalue weighted by Crippen LogP contribution is 2.30. The lowest BCUT2D eigenvalue weighted by Crippen LogP contribution is -2.33. The van der Waals surface area contributed by atoms with Gasteiger partial charge in [0.25, 0.3) is 15.9 Å². The lowest BCUT2D eigenvalue weighted by molar-refractivity contribution is 0.0955. The average Bonchev–Trinajstić information content (AvgIpc) is 3.01. The zero-order valence-electron chi connectivity index (χ0n) is 22.1. The molecule has 1 amide bonds. The van der Waals surface area contributed by atoms with Crippen molar-refractivity contribution in [1.82, 2.24) is 5.43 Å². The van der Waals surface area contributed by atoms with Gasteiger partial charge in [0.15, 0.2) is 0 Å². The normalized spacial score (nSPS) is 11.4. The van der Waals surface area contributed by atoms with Gasteiger partial charge in [0.1, 0.15) is 11.5 Å². The van der Waals surface area contributed by atoms with Crippen LogP contribution in [-0.2, 0) is 16.6 Å². The number of nitrogens with one attached hydrogen (secondary N) is 1. The third-order valence-electron chi connectivity index (χ3n) is 6.54. The number of aromatic hydroxyl groups is 1. The third kappa shape index (κ3) is 5.90. The first-order chi connectivity index (χ1) is 19.9. The molecule has 41 heavy (non-hydrogen) atoms. The number of ether oxygens (including phenoxy) is 1. The second kappa shape index (κ2) is 11.9. The first kappa shape index (κ1) is 27.4. The Morgan fingerprint density at radius 2 is 1.56 bits per heavy atom. The van der Waals surface area contributed by atoms with Crippen LogP contribution in [0, 0.1) is 0 Å². The van der Waals surface area contributed by atoms with E-state index in [9.17, 15) is 18.3 Å². The SMILES string of the molecule is COc1ccc(S(=O)(=O)N(Cc2ccccc2)c2ccccc2C(=O)N/N=C\c2c(O)ccc3ccccc23)cc1. The number of hydrazone groups is 1. The van der Waals surface area contributed by atoms with Crippen LogP contribution in [0.1, 0.15) is 21.5 Å². The molecule has 0 atom stereocenters. The maximum atomic E-state index is 14.0. The van der Waals surface area contributed by atoms with Crippen molar-refractivity contribution in [2.45, 2.75) is 11.4 Å². The Balaban J connectivity index is 1.50. The van der Waals surface area contributed by atoms with Crippen LogP contribution in [0.4, 0.5) is 5.69 Å². The molecule has 0 heterocycles. The van der Waals surface area contributed by atoms with E-state index in [0.717, 1.165) is 16.3 Å². The summed E-state index contributed by atoms with van der Waals surface area (Å²) in [6.45, 7) is -0.00730. The van der Waals surface area contributed by atoms with E-state index in [1.165, 1.54) is 35.8 Å². The number of rotatable bonds is 9. The summed E-state index contributed by atoms with van der Waals surface area (Å²) in [6, 6.07) is 32.5. The van der Waals surface area contributed by atoms with Crippen molar-refractivity contribution in [2.24, 2.45) is 5.10 Å². The van der Waals surface area contributed by atoms with Crippen molar-refractivity contribution in [2.75, 3.05) is 11.4 Å². The molecule has 0 aliphatic rings. The molecule has 0 saturated carbocycles. The van der Waals surface area contributed by atoms with Crippen LogP contribution in [-0.4, -0.2) is 32.8 Å². The number of hydrogen-bond donors (Lipinski definition) is 2. The molecule has 5 rings (SSSR count). The van der Waals surface area contributed by atoms with Gasteiger partial charge in [-0.1, -0.05) is 72.8 Å². The van der Waals surface area contributed by atoms with Gasteiger partial charge < -0.3 is 9.84 Å². The summed E-state index contributed by atoms with van der Waals surface area (Å²) in [6.07, 6.45) is 1.37. The van der Waals surface area contributed by atoms with Crippen molar-refractivity contribution in [3.8, 4) is 11.5 Å². The van der Waals surface area contributed by atoms with Gasteiger partial charge in [-0.15, -0.1) is 0 Å². The quantitative estimate of drug-likeness (QED) is 0.176. The molecule has 0 saturated heterocycles. The topological polar surface area (TPSA) is 108 Å². The number of carbonyl (C=O) groups excluding carboxylic acids is 1. The first-order valence-corrected chi connectivity index (χ1v) is 14.2. The summed E-state index contributed by atoms with van der Waals surface area (Å²) in [5.74, 6) is -0.0743. The summed E-state index contributed by atoms with van der Waals surface area (Å²) in [4.78, 5) is 13.4. The molecule has 0 fully saturated rings. The van der Waals surface area contributed by atoms with Crippen LogP contribution in [0.2, 0.25) is 0 Å². The molecule has 206 valence electrons. The van der Waals surface area contributed by atoms with E-state index in [-0.39, 0.29) is 28.4 Å². The molecule has 0 unspecified atom stereocenters. The summed E-state index contributed by atoms with van der Waals surface area (Å²) in [7, 11) is -2.60. The standard InChI is InChI=1S/C32H27N3O5S/c1-40-25-16-18-26(19-17-25)41(38,39)35(22-23-9-3-2-4-10-23)30-14-8-7-13-28(30)32(37)34-33-21-29-27-12-6-5-11-24(27)15-20-31(29)36/h2-21,36H,22H2,1H3,(H,34,37)/b33-21-. The predicted molar refractivity (Wildman–Crippen MR) is 160 cm³/mol. The number of sulfonamides is 1. The van der Waals surface area contributed by atoms with Crippen LogP contribution in [0.25, 0.3) is 10.8 Å². The molecular weight excluding hydrogens is 538 g/mol. The zero-order chi connectivity index (χ0) is 28.8. The molecule has 8 nitrogen and oxygen atoms in total. The maximum Gasteiger partial charge on any atom is 0.273 e. The number of para-hydroxylation sites is 1. The van der Waals surface area contributed by atoms with Crippen molar-refractivity contribution in [3.63, 3.8) is 0 Å². The second-order valence-corrected chi connectivity index (χ2v) is 11.0. The summed E-state index contributed by atoms with van der Waals surface area (Å²) in [5.41, 5.74) is 3.97. The summed E-state index contributed by atoms with van der Waals surface area (Å²) < 4.78 is 34.3. The molecule has 0 aromatic heterocycles. The van der Waals surface area contributed by atoms with Gasteiger partial charge in [0.2, 0.25) is 0 Å². The van der Waals surface area contributed by atoms with Gasteiger partial charge >= 0.3 is 0 Å². The number of anilines is 1. The Hall–Kier alpha value is -5.15. The van der Waals surface area contributed by atoms with Gasteiger partial charge in [0, 0.05) is 5.56 Å². The van der Waals surface area contributed by atoms with Crippen LogP contribution >= 0.6 is 0 Å².